The Bertz CT molecular complexity index is 1300. The van der Waals surface area contributed by atoms with Crippen molar-refractivity contribution >= 4 is 17.9 Å². The zero-order valence-electron chi connectivity index (χ0n) is 22.5. The van der Waals surface area contributed by atoms with E-state index in [2.05, 4.69) is 76.7 Å². The number of allylic oxidation sites excluding steroid dienone is 7. The zero-order chi connectivity index (χ0) is 25.1. The van der Waals surface area contributed by atoms with Gasteiger partial charge in [0.1, 0.15) is 0 Å². The van der Waals surface area contributed by atoms with Crippen LogP contribution in [0.2, 0.25) is 0 Å². The molecule has 0 unspecified atom stereocenters. The molecule has 0 saturated carbocycles. The van der Waals surface area contributed by atoms with Crippen molar-refractivity contribution in [3.05, 3.63) is 97.8 Å². The van der Waals surface area contributed by atoms with Crippen molar-refractivity contribution in [1.29, 1.82) is 0 Å². The molecule has 3 heteroatoms. The van der Waals surface area contributed by atoms with Gasteiger partial charge >= 0.3 is 0 Å². The smallest absolute Gasteiger partial charge is 0.0693 e. The molecule has 182 valence electrons. The summed E-state index contributed by atoms with van der Waals surface area (Å²) in [4.78, 5) is 13.2. The number of hydrogen-bond acceptors (Lipinski definition) is 2. The summed E-state index contributed by atoms with van der Waals surface area (Å²) in [6, 6.07) is 6.03. The molecule has 2 aromatic heterocycles. The van der Waals surface area contributed by atoms with Gasteiger partial charge in [0.15, 0.2) is 0 Å². The van der Waals surface area contributed by atoms with Gasteiger partial charge in [-0.15, -0.1) is 0 Å². The van der Waals surface area contributed by atoms with E-state index in [9.17, 15) is 0 Å². The van der Waals surface area contributed by atoms with Crippen LogP contribution in [0.5, 0.6) is 0 Å². The summed E-state index contributed by atoms with van der Waals surface area (Å²) in [6.45, 7) is 15.6. The predicted octanol–water partition coefficient (Wildman–Crippen LogP) is 8.78. The average Bonchev–Trinajstić information content (AvgIpc) is 3.46. The van der Waals surface area contributed by atoms with E-state index in [1.54, 1.807) is 0 Å². The quantitative estimate of drug-likeness (QED) is 0.436. The first-order chi connectivity index (χ1) is 16.9. The van der Waals surface area contributed by atoms with Crippen LogP contribution in [0.25, 0.3) is 12.2 Å². The van der Waals surface area contributed by atoms with Gasteiger partial charge in [-0.25, -0.2) is 4.99 Å². The molecule has 3 heterocycles. The first kappa shape index (κ1) is 24.9. The van der Waals surface area contributed by atoms with Crippen LogP contribution in [0.1, 0.15) is 88.0 Å². The van der Waals surface area contributed by atoms with Gasteiger partial charge in [0.25, 0.3) is 0 Å². The van der Waals surface area contributed by atoms with Gasteiger partial charge in [-0.2, -0.15) is 0 Å². The van der Waals surface area contributed by atoms with Gasteiger partial charge in [-0.3, -0.25) is 4.98 Å². The first-order valence-corrected chi connectivity index (χ1v) is 13.1. The van der Waals surface area contributed by atoms with E-state index in [-0.39, 0.29) is 0 Å². The molecule has 35 heavy (non-hydrogen) atoms. The fraction of sp³-hybridized carbons (Fsp3) is 0.375. The number of aromatic nitrogens is 2. The van der Waals surface area contributed by atoms with E-state index >= 15 is 0 Å². The third kappa shape index (κ3) is 4.82. The second kappa shape index (κ2) is 10.6. The van der Waals surface area contributed by atoms with Crippen molar-refractivity contribution in [2.75, 3.05) is 0 Å². The number of aromatic amines is 1. The fourth-order valence-electron chi connectivity index (χ4n) is 5.52. The van der Waals surface area contributed by atoms with Crippen molar-refractivity contribution in [2.45, 2.75) is 80.6 Å². The molecular weight excluding hydrogens is 426 g/mol. The number of H-pyrrole nitrogens is 1. The molecule has 0 bridgehead atoms. The Morgan fingerprint density at radius 3 is 1.97 bits per heavy atom. The molecule has 1 N–H and O–H groups in total. The Morgan fingerprint density at radius 1 is 0.771 bits per heavy atom. The fourth-order valence-corrected chi connectivity index (χ4v) is 5.52. The summed E-state index contributed by atoms with van der Waals surface area (Å²) >= 11 is 0. The largest absolute Gasteiger partial charge is 0.359 e. The van der Waals surface area contributed by atoms with Crippen LogP contribution in [0, 0.1) is 20.8 Å². The standard InChI is InChI=1S/C32H39N3/c1-8-26-23(17-30-21(6)20(5)22(7)34-30)16-24(27(26)9-2)18-31-28(10-3)29(11-4)32(35-31)19-25-14-12-13-15-33-25/h12-15,17-19,34H,8-11,16H2,1-7H3/b23-17?,24-18?,32-19-. The van der Waals surface area contributed by atoms with Gasteiger partial charge in [-0.05, 0) is 128 Å². The minimum Gasteiger partial charge on any atom is -0.359 e. The molecule has 0 aromatic carbocycles. The summed E-state index contributed by atoms with van der Waals surface area (Å²) in [5, 5.41) is 0. The molecule has 0 fully saturated rings. The van der Waals surface area contributed by atoms with E-state index in [4.69, 9.17) is 4.99 Å². The number of nitrogens with one attached hydrogen (secondary N) is 1. The third-order valence-electron chi connectivity index (χ3n) is 7.61. The number of hydrogen-bond donors (Lipinski definition) is 1. The van der Waals surface area contributed by atoms with Crippen LogP contribution in [0.3, 0.4) is 0 Å². The average molecular weight is 466 g/mol. The van der Waals surface area contributed by atoms with Crippen molar-refractivity contribution in [3.8, 4) is 0 Å². The van der Waals surface area contributed by atoms with Crippen molar-refractivity contribution in [1.82, 2.24) is 9.97 Å². The molecule has 0 amide bonds. The highest BCUT2D eigenvalue weighted by molar-refractivity contribution is 6.13. The molecule has 0 atom stereocenters. The van der Waals surface area contributed by atoms with Crippen LogP contribution in [0.4, 0.5) is 0 Å². The lowest BCUT2D eigenvalue weighted by molar-refractivity contribution is 1.05. The normalized spacial score (nSPS) is 19.7. The Kier molecular flexibility index (Phi) is 7.54. The maximum absolute atomic E-state index is 5.15. The Morgan fingerprint density at radius 2 is 1.43 bits per heavy atom. The Hall–Kier alpha value is -3.20. The maximum Gasteiger partial charge on any atom is 0.0693 e. The molecule has 4 rings (SSSR count). The minimum atomic E-state index is 0.960. The van der Waals surface area contributed by atoms with Crippen LogP contribution >= 0.6 is 0 Å². The molecule has 3 nitrogen and oxygen atoms in total. The summed E-state index contributed by atoms with van der Waals surface area (Å²) in [6.07, 6.45) is 13.8. The molecule has 1 aliphatic heterocycles. The van der Waals surface area contributed by atoms with Crippen LogP contribution in [-0.4, -0.2) is 15.7 Å². The van der Waals surface area contributed by atoms with Crippen molar-refractivity contribution in [3.63, 3.8) is 0 Å². The van der Waals surface area contributed by atoms with E-state index < -0.39 is 0 Å². The molecule has 0 spiro atoms. The van der Waals surface area contributed by atoms with E-state index in [0.717, 1.165) is 49.2 Å². The molecule has 0 radical (unpaired) electrons. The lowest BCUT2D eigenvalue weighted by atomic mass is 9.96. The van der Waals surface area contributed by atoms with Crippen LogP contribution < -0.4 is 0 Å². The van der Waals surface area contributed by atoms with Crippen molar-refractivity contribution < 1.29 is 0 Å². The molecule has 0 saturated heterocycles. The molecule has 2 aliphatic rings. The van der Waals surface area contributed by atoms with Crippen molar-refractivity contribution in [2.24, 2.45) is 4.99 Å². The molecular formula is C32H39N3. The lowest BCUT2D eigenvalue weighted by Crippen LogP contribution is -1.99. The van der Waals surface area contributed by atoms with Gasteiger partial charge in [0.05, 0.1) is 17.1 Å². The molecule has 1 aliphatic carbocycles. The second-order valence-electron chi connectivity index (χ2n) is 9.54. The van der Waals surface area contributed by atoms with Crippen LogP contribution in [-0.2, 0) is 0 Å². The van der Waals surface area contributed by atoms with Gasteiger partial charge in [-0.1, -0.05) is 33.8 Å². The number of rotatable bonds is 7. The highest BCUT2D eigenvalue weighted by Gasteiger charge is 2.26. The maximum atomic E-state index is 5.15. The van der Waals surface area contributed by atoms with E-state index in [1.807, 2.05) is 24.4 Å². The predicted molar refractivity (Wildman–Crippen MR) is 151 cm³/mol. The summed E-state index contributed by atoms with van der Waals surface area (Å²) in [5.74, 6) is 0. The van der Waals surface area contributed by atoms with E-state index in [0.29, 0.717) is 0 Å². The number of pyridine rings is 1. The highest BCUT2D eigenvalue weighted by Crippen LogP contribution is 2.42. The second-order valence-corrected chi connectivity index (χ2v) is 9.54. The van der Waals surface area contributed by atoms with Gasteiger partial charge in [0, 0.05) is 17.6 Å². The number of aliphatic imine (C=N–C) groups is 1. The zero-order valence-corrected chi connectivity index (χ0v) is 22.5. The summed E-state index contributed by atoms with van der Waals surface area (Å²) in [7, 11) is 0. The topological polar surface area (TPSA) is 41.0 Å². The monoisotopic (exact) mass is 465 g/mol. The Balaban J connectivity index is 1.77. The third-order valence-corrected chi connectivity index (χ3v) is 7.61. The van der Waals surface area contributed by atoms with Gasteiger partial charge < -0.3 is 4.98 Å². The number of nitrogens with zero attached hydrogens (tertiary/aromatic N) is 2. The first-order valence-electron chi connectivity index (χ1n) is 13.1. The SMILES string of the molecule is CCC1=C(CC)C(=Cc2[nH]c(C)c(C)c2C)CC1=CC1=N/C(=C\c2ccccn2)C(CC)=C1CC. The van der Waals surface area contributed by atoms with Gasteiger partial charge in [0.2, 0.25) is 0 Å². The highest BCUT2D eigenvalue weighted by atomic mass is 14.8. The lowest BCUT2D eigenvalue weighted by Gasteiger charge is -2.07. The summed E-state index contributed by atoms with van der Waals surface area (Å²) in [5.41, 5.74) is 17.0. The number of aryl methyl sites for hydroxylation is 1. The Labute approximate surface area is 211 Å². The van der Waals surface area contributed by atoms with Crippen LogP contribution in [0.15, 0.2) is 74.6 Å². The van der Waals surface area contributed by atoms with E-state index in [1.165, 1.54) is 56.0 Å². The molecule has 2 aromatic rings. The summed E-state index contributed by atoms with van der Waals surface area (Å²) < 4.78 is 0. The minimum absolute atomic E-state index is 0.960.